The highest BCUT2D eigenvalue weighted by molar-refractivity contribution is 5.76. The van der Waals surface area contributed by atoms with E-state index >= 15 is 0 Å². The molecule has 0 bridgehead atoms. The van der Waals surface area contributed by atoms with Crippen LogP contribution in [0.25, 0.3) is 0 Å². The van der Waals surface area contributed by atoms with Crippen molar-refractivity contribution >= 4 is 11.8 Å². The van der Waals surface area contributed by atoms with Crippen molar-refractivity contribution in [2.75, 3.05) is 19.6 Å². The van der Waals surface area contributed by atoms with Crippen LogP contribution in [-0.4, -0.2) is 65.8 Å². The molecule has 2 aromatic rings. The molecule has 9 nitrogen and oxygen atoms in total. The van der Waals surface area contributed by atoms with Gasteiger partial charge in [0.15, 0.2) is 5.82 Å². The molecule has 0 N–H and O–H groups in total. The lowest BCUT2D eigenvalue weighted by Gasteiger charge is -2.33. The van der Waals surface area contributed by atoms with Crippen LogP contribution in [0.3, 0.4) is 0 Å². The summed E-state index contributed by atoms with van der Waals surface area (Å²) < 4.78 is 3.80. The van der Waals surface area contributed by atoms with E-state index in [9.17, 15) is 9.59 Å². The molecule has 4 heterocycles. The average Bonchev–Trinajstić information content (AvgIpc) is 3.27. The molecule has 2 amide bonds. The van der Waals surface area contributed by atoms with Gasteiger partial charge in [0.1, 0.15) is 12.4 Å². The maximum Gasteiger partial charge on any atom is 0.244 e. The maximum atomic E-state index is 12.6. The molecular weight excluding hydrogens is 346 g/mol. The molecule has 27 heavy (non-hydrogen) atoms. The van der Waals surface area contributed by atoms with Crippen LogP contribution in [-0.2, 0) is 29.2 Å². The number of hydrogen-bond acceptors (Lipinski definition) is 5. The van der Waals surface area contributed by atoms with Crippen LogP contribution in [0.1, 0.15) is 43.0 Å². The predicted molar refractivity (Wildman–Crippen MR) is 96.6 cm³/mol. The van der Waals surface area contributed by atoms with Crippen LogP contribution in [0.4, 0.5) is 0 Å². The van der Waals surface area contributed by atoms with Gasteiger partial charge in [0, 0.05) is 45.2 Å². The Labute approximate surface area is 157 Å². The second kappa shape index (κ2) is 7.13. The Hall–Kier alpha value is -2.71. The zero-order chi connectivity index (χ0) is 19.0. The van der Waals surface area contributed by atoms with E-state index < -0.39 is 0 Å². The standard InChI is InChI=1S/C18H25N7O2/c1-13-5-7-24(21-13)12-17(27)23-8-9-25-16(11-23)19-20-18(25)15-4-3-6-22(10-15)14(2)26/h5,7,15H,3-4,6,8-12H2,1-2H3. The van der Waals surface area contributed by atoms with Crippen molar-refractivity contribution in [3.63, 3.8) is 0 Å². The van der Waals surface area contributed by atoms with E-state index in [4.69, 9.17) is 0 Å². The molecule has 2 aromatic heterocycles. The van der Waals surface area contributed by atoms with E-state index in [1.807, 2.05) is 29.0 Å². The molecule has 9 heteroatoms. The summed E-state index contributed by atoms with van der Waals surface area (Å²) in [5.74, 6) is 2.14. The molecule has 1 fully saturated rings. The molecule has 0 aromatic carbocycles. The Morgan fingerprint density at radius 3 is 2.78 bits per heavy atom. The van der Waals surface area contributed by atoms with Gasteiger partial charge in [-0.3, -0.25) is 14.3 Å². The van der Waals surface area contributed by atoms with Crippen LogP contribution in [0.5, 0.6) is 0 Å². The lowest BCUT2D eigenvalue weighted by atomic mass is 9.97. The zero-order valence-corrected chi connectivity index (χ0v) is 15.8. The number of aryl methyl sites for hydroxylation is 1. The molecule has 1 atom stereocenters. The van der Waals surface area contributed by atoms with E-state index in [1.54, 1.807) is 11.6 Å². The summed E-state index contributed by atoms with van der Waals surface area (Å²) in [6.45, 7) is 7.09. The van der Waals surface area contributed by atoms with Gasteiger partial charge in [-0.2, -0.15) is 5.10 Å². The Morgan fingerprint density at radius 1 is 1.19 bits per heavy atom. The Morgan fingerprint density at radius 2 is 2.04 bits per heavy atom. The molecule has 2 aliphatic rings. The molecule has 4 rings (SSSR count). The Balaban J connectivity index is 1.44. The number of nitrogens with zero attached hydrogens (tertiary/aromatic N) is 7. The number of piperidine rings is 1. The SMILES string of the molecule is CC(=O)N1CCCC(c2nnc3n2CCN(C(=O)Cn2ccc(C)n2)C3)C1. The fraction of sp³-hybridized carbons (Fsp3) is 0.611. The number of rotatable bonds is 3. The van der Waals surface area contributed by atoms with Gasteiger partial charge in [-0.1, -0.05) is 0 Å². The van der Waals surface area contributed by atoms with Crippen LogP contribution in [0.15, 0.2) is 12.3 Å². The van der Waals surface area contributed by atoms with E-state index in [0.717, 1.165) is 36.7 Å². The van der Waals surface area contributed by atoms with E-state index in [-0.39, 0.29) is 24.3 Å². The normalized spacial score (nSPS) is 19.9. The van der Waals surface area contributed by atoms with Gasteiger partial charge >= 0.3 is 0 Å². The molecule has 1 unspecified atom stereocenters. The third-order valence-electron chi connectivity index (χ3n) is 5.44. The van der Waals surface area contributed by atoms with Gasteiger partial charge in [0.2, 0.25) is 11.8 Å². The largest absolute Gasteiger partial charge is 0.342 e. The number of aromatic nitrogens is 5. The van der Waals surface area contributed by atoms with Crippen molar-refractivity contribution in [3.05, 3.63) is 29.6 Å². The van der Waals surface area contributed by atoms with Gasteiger partial charge in [0.05, 0.1) is 12.2 Å². The van der Waals surface area contributed by atoms with Gasteiger partial charge in [-0.05, 0) is 25.8 Å². The lowest BCUT2D eigenvalue weighted by molar-refractivity contribution is -0.133. The van der Waals surface area contributed by atoms with Crippen molar-refractivity contribution in [3.8, 4) is 0 Å². The molecular formula is C18H25N7O2. The fourth-order valence-corrected chi connectivity index (χ4v) is 3.96. The molecule has 0 aliphatic carbocycles. The molecule has 0 saturated carbocycles. The van der Waals surface area contributed by atoms with Crippen molar-refractivity contribution in [2.24, 2.45) is 0 Å². The predicted octanol–water partition coefficient (Wildman–Crippen LogP) is 0.551. The highest BCUT2D eigenvalue weighted by Crippen LogP contribution is 2.27. The second-order valence-corrected chi connectivity index (χ2v) is 7.40. The summed E-state index contributed by atoms with van der Waals surface area (Å²) >= 11 is 0. The van der Waals surface area contributed by atoms with Gasteiger partial charge in [-0.15, -0.1) is 10.2 Å². The summed E-state index contributed by atoms with van der Waals surface area (Å²) in [5, 5.41) is 13.0. The van der Waals surface area contributed by atoms with Crippen molar-refractivity contribution in [1.82, 2.24) is 34.3 Å². The molecule has 144 valence electrons. The number of fused-ring (bicyclic) bond motifs is 1. The minimum absolute atomic E-state index is 0.0364. The molecule has 0 spiro atoms. The van der Waals surface area contributed by atoms with E-state index in [2.05, 4.69) is 19.9 Å². The lowest BCUT2D eigenvalue weighted by Crippen LogP contribution is -2.42. The number of likely N-dealkylation sites (tertiary alicyclic amines) is 1. The second-order valence-electron chi connectivity index (χ2n) is 7.40. The summed E-state index contributed by atoms with van der Waals surface area (Å²) in [4.78, 5) is 28.0. The van der Waals surface area contributed by atoms with Crippen molar-refractivity contribution in [2.45, 2.75) is 52.2 Å². The third kappa shape index (κ3) is 3.58. The molecule has 0 radical (unpaired) electrons. The van der Waals surface area contributed by atoms with Crippen molar-refractivity contribution < 1.29 is 9.59 Å². The average molecular weight is 371 g/mol. The minimum Gasteiger partial charge on any atom is -0.342 e. The summed E-state index contributed by atoms with van der Waals surface area (Å²) in [6, 6.07) is 1.89. The first-order valence-electron chi connectivity index (χ1n) is 9.46. The Bertz CT molecular complexity index is 856. The minimum atomic E-state index is 0.0364. The first-order chi connectivity index (χ1) is 13.0. The number of carbonyl (C=O) groups excluding carboxylic acids is 2. The van der Waals surface area contributed by atoms with E-state index in [1.165, 1.54) is 0 Å². The number of amides is 2. The van der Waals surface area contributed by atoms with Gasteiger partial charge < -0.3 is 14.4 Å². The zero-order valence-electron chi connectivity index (χ0n) is 15.8. The van der Waals surface area contributed by atoms with Gasteiger partial charge in [-0.25, -0.2) is 0 Å². The topological polar surface area (TPSA) is 89.2 Å². The van der Waals surface area contributed by atoms with Crippen LogP contribution >= 0.6 is 0 Å². The van der Waals surface area contributed by atoms with E-state index in [0.29, 0.717) is 26.2 Å². The third-order valence-corrected chi connectivity index (χ3v) is 5.44. The quantitative estimate of drug-likeness (QED) is 0.786. The smallest absolute Gasteiger partial charge is 0.244 e. The highest BCUT2D eigenvalue weighted by atomic mass is 16.2. The van der Waals surface area contributed by atoms with Crippen LogP contribution in [0, 0.1) is 6.92 Å². The van der Waals surface area contributed by atoms with Gasteiger partial charge in [0.25, 0.3) is 0 Å². The highest BCUT2D eigenvalue weighted by Gasteiger charge is 2.30. The fourth-order valence-electron chi connectivity index (χ4n) is 3.96. The Kier molecular flexibility index (Phi) is 4.67. The summed E-state index contributed by atoms with van der Waals surface area (Å²) in [7, 11) is 0. The monoisotopic (exact) mass is 371 g/mol. The van der Waals surface area contributed by atoms with Crippen molar-refractivity contribution in [1.29, 1.82) is 0 Å². The first kappa shape index (κ1) is 17.7. The molecule has 2 aliphatic heterocycles. The summed E-state index contributed by atoms with van der Waals surface area (Å²) in [6.07, 6.45) is 3.82. The summed E-state index contributed by atoms with van der Waals surface area (Å²) in [5.41, 5.74) is 0.901. The maximum absolute atomic E-state index is 12.6. The first-order valence-corrected chi connectivity index (χ1v) is 9.46. The number of carbonyl (C=O) groups is 2. The number of hydrogen-bond donors (Lipinski definition) is 0. The molecule has 1 saturated heterocycles. The van der Waals surface area contributed by atoms with Crippen LogP contribution < -0.4 is 0 Å². The van der Waals surface area contributed by atoms with Crippen LogP contribution in [0.2, 0.25) is 0 Å².